The Morgan fingerprint density at radius 2 is 2.25 bits per heavy atom. The molecule has 0 radical (unpaired) electrons. The second kappa shape index (κ2) is 5.79. The number of nitrogens with one attached hydrogen (secondary N) is 1. The standard InChI is InChI=1S/C15H21N3O2/c1-2-20-15(19)12-3-4-14(16-9-12)17-13-10-18-7-5-11(13)6-8-18/h3-4,9,11,13H,2,5-8,10H2,1H3,(H,16,17). The van der Waals surface area contributed by atoms with Crippen molar-refractivity contribution in [1.29, 1.82) is 0 Å². The summed E-state index contributed by atoms with van der Waals surface area (Å²) in [4.78, 5) is 18.4. The Morgan fingerprint density at radius 3 is 2.80 bits per heavy atom. The zero-order valence-corrected chi connectivity index (χ0v) is 11.8. The van der Waals surface area contributed by atoms with Crippen LogP contribution in [0.1, 0.15) is 30.1 Å². The summed E-state index contributed by atoms with van der Waals surface area (Å²) in [5.74, 6) is 1.29. The van der Waals surface area contributed by atoms with Crippen LogP contribution < -0.4 is 5.32 Å². The highest BCUT2D eigenvalue weighted by molar-refractivity contribution is 5.89. The number of carbonyl (C=O) groups excluding carboxylic acids is 1. The van der Waals surface area contributed by atoms with Crippen LogP contribution in [0.25, 0.3) is 0 Å². The fraction of sp³-hybridized carbons (Fsp3) is 0.600. The van der Waals surface area contributed by atoms with Gasteiger partial charge in [-0.25, -0.2) is 9.78 Å². The molecule has 0 amide bonds. The van der Waals surface area contributed by atoms with E-state index in [1.54, 1.807) is 19.2 Å². The van der Waals surface area contributed by atoms with Gasteiger partial charge in [0.05, 0.1) is 12.2 Å². The fourth-order valence-corrected chi connectivity index (χ4v) is 3.13. The lowest BCUT2D eigenvalue weighted by molar-refractivity contribution is 0.0526. The van der Waals surface area contributed by atoms with Gasteiger partial charge in [0.15, 0.2) is 0 Å². The molecule has 1 aromatic heterocycles. The van der Waals surface area contributed by atoms with E-state index >= 15 is 0 Å². The molecule has 3 aliphatic heterocycles. The summed E-state index contributed by atoms with van der Waals surface area (Å²) >= 11 is 0. The smallest absolute Gasteiger partial charge is 0.339 e. The molecule has 0 aromatic carbocycles. The molecule has 1 N–H and O–H groups in total. The third kappa shape index (κ3) is 2.77. The van der Waals surface area contributed by atoms with Crippen molar-refractivity contribution < 1.29 is 9.53 Å². The van der Waals surface area contributed by atoms with Crippen molar-refractivity contribution >= 4 is 11.8 Å². The van der Waals surface area contributed by atoms with Crippen molar-refractivity contribution in [3.63, 3.8) is 0 Å². The maximum Gasteiger partial charge on any atom is 0.339 e. The summed E-state index contributed by atoms with van der Waals surface area (Å²) in [5, 5.41) is 3.51. The Labute approximate surface area is 119 Å². The molecule has 4 heterocycles. The minimum Gasteiger partial charge on any atom is -0.462 e. The first-order chi connectivity index (χ1) is 9.76. The lowest BCUT2D eigenvalue weighted by atomic mass is 9.84. The van der Waals surface area contributed by atoms with Crippen molar-refractivity contribution in [1.82, 2.24) is 9.88 Å². The molecule has 4 rings (SSSR count). The number of nitrogens with zero attached hydrogens (tertiary/aromatic N) is 2. The van der Waals surface area contributed by atoms with E-state index in [-0.39, 0.29) is 5.97 Å². The topological polar surface area (TPSA) is 54.5 Å². The van der Waals surface area contributed by atoms with Gasteiger partial charge in [0, 0.05) is 18.8 Å². The molecule has 3 fully saturated rings. The molecule has 3 saturated heterocycles. The lowest BCUT2D eigenvalue weighted by Crippen LogP contribution is -2.53. The number of aromatic nitrogens is 1. The summed E-state index contributed by atoms with van der Waals surface area (Å²) in [7, 11) is 0. The Hall–Kier alpha value is -1.62. The number of piperidine rings is 3. The van der Waals surface area contributed by atoms with Gasteiger partial charge in [-0.05, 0) is 50.9 Å². The van der Waals surface area contributed by atoms with Gasteiger partial charge >= 0.3 is 5.97 Å². The van der Waals surface area contributed by atoms with Gasteiger partial charge in [0.25, 0.3) is 0 Å². The first-order valence-corrected chi connectivity index (χ1v) is 7.38. The lowest BCUT2D eigenvalue weighted by Gasteiger charge is -2.45. The van der Waals surface area contributed by atoms with Crippen LogP contribution in [-0.4, -0.2) is 48.1 Å². The zero-order chi connectivity index (χ0) is 13.9. The van der Waals surface area contributed by atoms with E-state index in [4.69, 9.17) is 4.74 Å². The molecule has 1 aromatic rings. The van der Waals surface area contributed by atoms with Crippen LogP contribution in [0.15, 0.2) is 18.3 Å². The summed E-state index contributed by atoms with van der Waals surface area (Å²) < 4.78 is 4.95. The molecule has 1 atom stereocenters. The average molecular weight is 275 g/mol. The molecule has 3 aliphatic rings. The van der Waals surface area contributed by atoms with E-state index in [2.05, 4.69) is 15.2 Å². The highest BCUT2D eigenvalue weighted by atomic mass is 16.5. The van der Waals surface area contributed by atoms with Crippen molar-refractivity contribution in [2.45, 2.75) is 25.8 Å². The highest BCUT2D eigenvalue weighted by Gasteiger charge is 2.34. The predicted molar refractivity (Wildman–Crippen MR) is 76.8 cm³/mol. The third-order valence-corrected chi connectivity index (χ3v) is 4.26. The van der Waals surface area contributed by atoms with E-state index in [0.29, 0.717) is 18.2 Å². The van der Waals surface area contributed by atoms with Crippen LogP contribution >= 0.6 is 0 Å². The van der Waals surface area contributed by atoms with Crippen LogP contribution in [-0.2, 0) is 4.74 Å². The van der Waals surface area contributed by atoms with E-state index in [1.165, 1.54) is 25.9 Å². The second-order valence-corrected chi connectivity index (χ2v) is 5.54. The number of carbonyl (C=O) groups is 1. The molecule has 0 saturated carbocycles. The number of pyridine rings is 1. The monoisotopic (exact) mass is 275 g/mol. The number of hydrogen-bond donors (Lipinski definition) is 1. The van der Waals surface area contributed by atoms with Gasteiger partial charge < -0.3 is 15.0 Å². The van der Waals surface area contributed by atoms with Crippen molar-refractivity contribution in [3.8, 4) is 0 Å². The molecule has 1 unspecified atom stereocenters. The van der Waals surface area contributed by atoms with Gasteiger partial charge in [0.1, 0.15) is 5.82 Å². The van der Waals surface area contributed by atoms with Gasteiger partial charge in [-0.15, -0.1) is 0 Å². The summed E-state index contributed by atoms with van der Waals surface area (Å²) in [6.45, 7) is 5.76. The number of ether oxygens (including phenoxy) is 1. The van der Waals surface area contributed by atoms with Crippen LogP contribution in [0.2, 0.25) is 0 Å². The Bertz CT molecular complexity index is 467. The van der Waals surface area contributed by atoms with E-state index in [1.807, 2.05) is 6.07 Å². The summed E-state index contributed by atoms with van der Waals surface area (Å²) in [6.07, 6.45) is 4.14. The number of esters is 1. The minimum absolute atomic E-state index is 0.311. The Kier molecular flexibility index (Phi) is 3.87. The van der Waals surface area contributed by atoms with Gasteiger partial charge in [-0.1, -0.05) is 0 Å². The summed E-state index contributed by atoms with van der Waals surface area (Å²) in [5.41, 5.74) is 0.506. The molecule has 5 heteroatoms. The first kappa shape index (κ1) is 13.4. The molecular formula is C15H21N3O2. The second-order valence-electron chi connectivity index (χ2n) is 5.54. The number of hydrogen-bond acceptors (Lipinski definition) is 5. The van der Waals surface area contributed by atoms with E-state index in [0.717, 1.165) is 18.3 Å². The predicted octanol–water partition coefficient (Wildman–Crippen LogP) is 1.76. The van der Waals surface area contributed by atoms with Crippen molar-refractivity contribution in [3.05, 3.63) is 23.9 Å². The maximum absolute atomic E-state index is 11.6. The normalized spacial score (nSPS) is 28.1. The van der Waals surface area contributed by atoms with Crippen molar-refractivity contribution in [2.24, 2.45) is 5.92 Å². The van der Waals surface area contributed by atoms with E-state index in [9.17, 15) is 4.79 Å². The van der Waals surface area contributed by atoms with Crippen LogP contribution in [0.3, 0.4) is 0 Å². The molecule has 0 spiro atoms. The number of rotatable bonds is 4. The van der Waals surface area contributed by atoms with E-state index < -0.39 is 0 Å². The zero-order valence-electron chi connectivity index (χ0n) is 11.8. The molecule has 5 nitrogen and oxygen atoms in total. The quantitative estimate of drug-likeness (QED) is 0.849. The minimum atomic E-state index is -0.311. The van der Waals surface area contributed by atoms with Gasteiger partial charge in [-0.2, -0.15) is 0 Å². The molecule has 2 bridgehead atoms. The van der Waals surface area contributed by atoms with Gasteiger partial charge in [-0.3, -0.25) is 0 Å². The maximum atomic E-state index is 11.6. The van der Waals surface area contributed by atoms with Crippen LogP contribution in [0, 0.1) is 5.92 Å². The van der Waals surface area contributed by atoms with Gasteiger partial charge in [0.2, 0.25) is 0 Å². The average Bonchev–Trinajstić information content (AvgIpc) is 2.49. The Morgan fingerprint density at radius 1 is 1.45 bits per heavy atom. The SMILES string of the molecule is CCOC(=O)c1ccc(NC2CN3CCC2CC3)nc1. The molecular weight excluding hydrogens is 254 g/mol. The van der Waals surface area contributed by atoms with Crippen LogP contribution in [0.4, 0.5) is 5.82 Å². The van der Waals surface area contributed by atoms with Crippen molar-refractivity contribution in [2.75, 3.05) is 31.6 Å². The molecule has 20 heavy (non-hydrogen) atoms. The molecule has 0 aliphatic carbocycles. The highest BCUT2D eigenvalue weighted by Crippen LogP contribution is 2.29. The first-order valence-electron chi connectivity index (χ1n) is 7.38. The Balaban J connectivity index is 1.62. The fourth-order valence-electron chi connectivity index (χ4n) is 3.13. The number of anilines is 1. The van der Waals surface area contributed by atoms with Crippen LogP contribution in [0.5, 0.6) is 0 Å². The number of fused-ring (bicyclic) bond motifs is 3. The summed E-state index contributed by atoms with van der Waals surface area (Å²) in [6, 6.07) is 4.12. The molecule has 108 valence electrons. The third-order valence-electron chi connectivity index (χ3n) is 4.26. The largest absolute Gasteiger partial charge is 0.462 e.